The van der Waals surface area contributed by atoms with Gasteiger partial charge in [-0.25, -0.2) is 14.4 Å². The van der Waals surface area contributed by atoms with Crippen LogP contribution in [0.5, 0.6) is 0 Å². The quantitative estimate of drug-likeness (QED) is 0.689. The van der Waals surface area contributed by atoms with Crippen LogP contribution in [0.2, 0.25) is 5.75 Å². The van der Waals surface area contributed by atoms with Crippen LogP contribution in [0, 0.1) is 17.1 Å². The third-order valence-corrected chi connectivity index (χ3v) is 4.79. The maximum atomic E-state index is 13.9. The highest BCUT2D eigenvalue weighted by molar-refractivity contribution is 7.22. The van der Waals surface area contributed by atoms with Crippen LogP contribution in [-0.2, 0) is 6.52 Å². The highest BCUT2D eigenvalue weighted by atomic mass is 35.5. The zero-order valence-electron chi connectivity index (χ0n) is 22.6. The van der Waals surface area contributed by atoms with Gasteiger partial charge < -0.3 is 5.31 Å². The van der Waals surface area contributed by atoms with Gasteiger partial charge in [-0.1, -0.05) is 17.7 Å². The first-order valence-corrected chi connectivity index (χ1v) is 8.91. The Morgan fingerprint density at radius 1 is 1.59 bits per heavy atom. The number of nitrogens with one attached hydrogen (secondary N) is 1. The van der Waals surface area contributed by atoms with Crippen molar-refractivity contribution in [3.8, 4) is 6.07 Å². The van der Waals surface area contributed by atoms with E-state index in [1.165, 1.54) is 0 Å². The van der Waals surface area contributed by atoms with Crippen molar-refractivity contribution in [2.45, 2.75) is 25.3 Å². The van der Waals surface area contributed by atoms with Crippen molar-refractivity contribution < 1.29 is 16.8 Å². The number of likely N-dealkylation sites (tertiary alicyclic amines) is 1. The van der Waals surface area contributed by atoms with Crippen LogP contribution in [0.1, 0.15) is 34.8 Å². The SMILES string of the molecule is [2H]c1cc(C([2H])N2CC([2H])([2H])C([2H])(N([2H])c3ncnc4sc(Cl)c([2H])c34)C([2H])([2H])C2)cc(C#N)c1F. The van der Waals surface area contributed by atoms with Crippen LogP contribution < -0.4 is 5.31 Å². The third kappa shape index (κ3) is 4.03. The molecule has 138 valence electrons. The van der Waals surface area contributed by atoms with Gasteiger partial charge in [0.05, 0.1) is 19.4 Å². The first-order valence-electron chi connectivity index (χ1n) is 12.2. The number of nitriles is 1. The van der Waals surface area contributed by atoms with E-state index in [2.05, 4.69) is 9.97 Å². The first-order chi connectivity index (χ1) is 16.7. The molecule has 1 saturated heterocycles. The highest BCUT2D eigenvalue weighted by Crippen LogP contribution is 2.32. The standard InChI is InChI=1S/C19H17ClFN5S/c20-17-8-15-18(23-11-24-19(15)27-17)25-14-3-5-26(6-4-14)10-12-1-2-16(21)13(7-12)9-22/h1-2,7-8,11,14H,3-6,10H2,(H,23,24,25)/i2D,3D2,4D2,8D,10D,14D/hD. The maximum Gasteiger partial charge on any atom is 0.162 e. The predicted octanol–water partition coefficient (Wildman–Crippen LogP) is 4.43. The monoisotopic (exact) mass is 410 g/mol. The fourth-order valence-corrected chi connectivity index (χ4v) is 3.43. The summed E-state index contributed by atoms with van der Waals surface area (Å²) in [6.45, 7) is -2.85. The Morgan fingerprint density at radius 3 is 3.19 bits per heavy atom. The molecule has 1 aliphatic heterocycles. The molecule has 3 aromatic rings. The lowest BCUT2D eigenvalue weighted by atomic mass is 10.0. The fraction of sp³-hybridized carbons (Fsp3) is 0.316. The van der Waals surface area contributed by atoms with Crippen molar-refractivity contribution in [1.82, 2.24) is 14.9 Å². The molecule has 1 aliphatic rings. The van der Waals surface area contributed by atoms with Crippen LogP contribution in [-0.4, -0.2) is 34.0 Å². The molecular formula is C19H17ClFN5S. The molecule has 5 nitrogen and oxygen atoms in total. The number of hydrogen-bond acceptors (Lipinski definition) is 6. The van der Waals surface area contributed by atoms with Gasteiger partial charge in [0.1, 0.15) is 28.9 Å². The maximum absolute atomic E-state index is 13.9. The van der Waals surface area contributed by atoms with Gasteiger partial charge in [0.2, 0.25) is 0 Å². The number of aromatic nitrogens is 2. The number of nitrogens with zero attached hydrogens (tertiary/aromatic N) is 4. The zero-order chi connectivity index (χ0) is 26.8. The molecular weight excluding hydrogens is 385 g/mol. The first kappa shape index (κ1) is 10.3. The second kappa shape index (κ2) is 7.77. The van der Waals surface area contributed by atoms with Crippen LogP contribution in [0.15, 0.2) is 30.5 Å². The van der Waals surface area contributed by atoms with Crippen molar-refractivity contribution in [1.29, 1.82) is 5.26 Å². The minimum Gasteiger partial charge on any atom is -0.367 e. The largest absolute Gasteiger partial charge is 0.367 e. The molecule has 1 atom stereocenters. The number of halogens is 2. The molecule has 4 rings (SSSR count). The number of anilines is 1. The minimum absolute atomic E-state index is 0.0140. The summed E-state index contributed by atoms with van der Waals surface area (Å²) in [6, 6.07) is -0.109. The summed E-state index contributed by atoms with van der Waals surface area (Å²) in [5.74, 6) is -1.42. The van der Waals surface area contributed by atoms with Gasteiger partial charge in [0.25, 0.3) is 0 Å². The van der Waals surface area contributed by atoms with Crippen molar-refractivity contribution >= 4 is 39.0 Å². The summed E-state index contributed by atoms with van der Waals surface area (Å²) in [7, 11) is 0. The lowest BCUT2D eigenvalue weighted by molar-refractivity contribution is 0.211. The summed E-state index contributed by atoms with van der Waals surface area (Å²) in [6.07, 6.45) is -4.51. The predicted molar refractivity (Wildman–Crippen MR) is 105 cm³/mol. The normalized spacial score (nSPS) is 26.6. The molecule has 0 radical (unpaired) electrons. The second-order valence-electron chi connectivity index (χ2n) is 5.50. The summed E-state index contributed by atoms with van der Waals surface area (Å²) in [5, 5.41) is 9.39. The van der Waals surface area contributed by atoms with Gasteiger partial charge in [-0.3, -0.25) is 4.90 Å². The van der Waals surface area contributed by atoms with Crippen LogP contribution in [0.3, 0.4) is 0 Å². The Kier molecular flexibility index (Phi) is 2.97. The number of rotatable bonds is 4. The second-order valence-corrected chi connectivity index (χ2v) is 7.10. The Bertz CT molecular complexity index is 1380. The molecule has 0 saturated carbocycles. The van der Waals surface area contributed by atoms with Crippen LogP contribution in [0.4, 0.5) is 10.2 Å². The molecule has 27 heavy (non-hydrogen) atoms. The average Bonchev–Trinajstić information content (AvgIpc) is 3.11. The van der Waals surface area contributed by atoms with Crippen LogP contribution in [0.25, 0.3) is 10.2 Å². The molecule has 0 bridgehead atoms. The Hall–Kier alpha value is -2.27. The van der Waals surface area contributed by atoms with Gasteiger partial charge >= 0.3 is 0 Å². The van der Waals surface area contributed by atoms with Crippen molar-refractivity contribution in [2.24, 2.45) is 0 Å². The molecule has 2 aromatic heterocycles. The van der Waals surface area contributed by atoms with Gasteiger partial charge in [-0.05, 0) is 36.5 Å². The van der Waals surface area contributed by atoms with E-state index in [0.717, 1.165) is 34.7 Å². The number of piperidine rings is 1. The zero-order valence-corrected chi connectivity index (χ0v) is 15.2. The molecule has 3 heterocycles. The molecule has 8 heteroatoms. The van der Waals surface area contributed by atoms with Crippen molar-refractivity contribution in [3.05, 3.63) is 51.8 Å². The summed E-state index contributed by atoms with van der Waals surface area (Å²) < 4.78 is 90.4. The summed E-state index contributed by atoms with van der Waals surface area (Å²) in [4.78, 5) is 9.20. The fourth-order valence-electron chi connectivity index (χ4n) is 2.45. The van der Waals surface area contributed by atoms with Gasteiger partial charge in [-0.2, -0.15) is 5.26 Å². The summed E-state index contributed by atoms with van der Waals surface area (Å²) >= 11 is 6.95. The number of fused-ring (bicyclic) bond motifs is 1. The molecule has 0 amide bonds. The molecule has 0 aliphatic carbocycles. The lowest BCUT2D eigenvalue weighted by Crippen LogP contribution is -2.38. The van der Waals surface area contributed by atoms with E-state index in [4.69, 9.17) is 29.2 Å². The number of thiophene rings is 1. The third-order valence-electron chi connectivity index (χ3n) is 3.68. The van der Waals surface area contributed by atoms with E-state index in [-0.39, 0.29) is 32.0 Å². The van der Waals surface area contributed by atoms with Gasteiger partial charge in [0.15, 0.2) is 1.41 Å². The van der Waals surface area contributed by atoms with E-state index < -0.39 is 55.8 Å². The topological polar surface area (TPSA) is 64.8 Å². The Labute approximate surface area is 178 Å². The number of hydrogen-bond donors (Lipinski definition) is 1. The van der Waals surface area contributed by atoms with Crippen molar-refractivity contribution in [2.75, 3.05) is 18.4 Å². The van der Waals surface area contributed by atoms with Gasteiger partial charge in [-0.15, -0.1) is 11.3 Å². The van der Waals surface area contributed by atoms with E-state index >= 15 is 0 Å². The van der Waals surface area contributed by atoms with E-state index in [1.807, 2.05) is 0 Å². The minimum atomic E-state index is -2.89. The van der Waals surface area contributed by atoms with Crippen molar-refractivity contribution in [3.63, 3.8) is 0 Å². The molecule has 1 unspecified atom stereocenters. The number of benzene rings is 1. The van der Waals surface area contributed by atoms with Gasteiger partial charge in [0, 0.05) is 32.5 Å². The Morgan fingerprint density at radius 2 is 2.41 bits per heavy atom. The Balaban J connectivity index is 1.75. The van der Waals surface area contributed by atoms with Crippen LogP contribution >= 0.6 is 22.9 Å². The molecule has 1 N–H and O–H groups in total. The average molecular weight is 411 g/mol. The molecule has 1 fully saturated rings. The smallest absolute Gasteiger partial charge is 0.162 e. The summed E-state index contributed by atoms with van der Waals surface area (Å²) in [5.41, 5.74) is -0.493. The van der Waals surface area contributed by atoms with E-state index in [1.54, 1.807) is 6.07 Å². The van der Waals surface area contributed by atoms with E-state index in [9.17, 15) is 4.39 Å². The molecule has 0 spiro atoms. The van der Waals surface area contributed by atoms with E-state index in [0.29, 0.717) is 5.31 Å². The highest BCUT2D eigenvalue weighted by Gasteiger charge is 2.21. The lowest BCUT2D eigenvalue weighted by Gasteiger charge is -2.32. The molecule has 1 aromatic carbocycles.